The van der Waals surface area contributed by atoms with Crippen LogP contribution in [0.4, 0.5) is 0 Å². The summed E-state index contributed by atoms with van der Waals surface area (Å²) in [4.78, 5) is 0. The molecule has 0 aromatic heterocycles. The van der Waals surface area contributed by atoms with Gasteiger partial charge < -0.3 is 14.8 Å². The molecule has 8 radical (unpaired) electrons. The van der Waals surface area contributed by atoms with Crippen LogP contribution in [-0.2, 0) is 6.42 Å². The van der Waals surface area contributed by atoms with E-state index in [1.807, 2.05) is 19.1 Å². The lowest BCUT2D eigenvalue weighted by atomic mass is 9.63. The third-order valence-corrected chi connectivity index (χ3v) is 2.65. The van der Waals surface area contributed by atoms with Crippen LogP contribution in [0.2, 0.25) is 0 Å². The number of benzene rings is 1. The van der Waals surface area contributed by atoms with Crippen LogP contribution in [0.15, 0.2) is 18.2 Å². The highest BCUT2D eigenvalue weighted by molar-refractivity contribution is 6.39. The lowest BCUT2D eigenvalue weighted by Gasteiger charge is -2.27. The van der Waals surface area contributed by atoms with Gasteiger partial charge in [0.2, 0.25) is 0 Å². The molecule has 1 N–H and O–H groups in total. The first-order chi connectivity index (χ1) is 8.65. The SMILES string of the molecule is [B]C([B])(C)N[C@@H](C)Cc1ccc2c(c1)OC([B])([B])O2. The van der Waals surface area contributed by atoms with E-state index in [2.05, 4.69) is 5.32 Å². The fourth-order valence-electron chi connectivity index (χ4n) is 2.14. The Balaban J connectivity index is 2.04. The van der Waals surface area contributed by atoms with Crippen LogP contribution in [0.25, 0.3) is 0 Å². The van der Waals surface area contributed by atoms with Crippen molar-refractivity contribution in [3.05, 3.63) is 23.8 Å². The molecular formula is C12H13B4NO2. The van der Waals surface area contributed by atoms with E-state index in [1.54, 1.807) is 13.0 Å². The zero-order valence-corrected chi connectivity index (χ0v) is 11.1. The second-order valence-electron chi connectivity index (χ2n) is 5.24. The van der Waals surface area contributed by atoms with Gasteiger partial charge >= 0.3 is 0 Å². The van der Waals surface area contributed by atoms with Gasteiger partial charge in [0.05, 0.1) is 15.7 Å². The fraction of sp³-hybridized carbons (Fsp3) is 0.500. The largest absolute Gasteiger partial charge is 0.468 e. The molecule has 90 valence electrons. The Labute approximate surface area is 119 Å². The maximum atomic E-state index is 5.70. The molecule has 0 bridgehead atoms. The van der Waals surface area contributed by atoms with Crippen LogP contribution in [-0.4, -0.2) is 48.4 Å². The van der Waals surface area contributed by atoms with Crippen LogP contribution in [0, 0.1) is 0 Å². The third kappa shape index (κ3) is 4.00. The van der Waals surface area contributed by atoms with Crippen LogP contribution >= 0.6 is 0 Å². The summed E-state index contributed by atoms with van der Waals surface area (Å²) in [6.07, 6.45) is 0.739. The van der Waals surface area contributed by atoms with Crippen molar-refractivity contribution >= 4 is 31.4 Å². The number of hydrogen-bond acceptors (Lipinski definition) is 3. The first kappa shape index (κ1) is 14.4. The molecule has 0 saturated carbocycles. The van der Waals surface area contributed by atoms with Crippen LogP contribution in [0.5, 0.6) is 11.5 Å². The molecule has 3 nitrogen and oxygen atoms in total. The highest BCUT2D eigenvalue weighted by atomic mass is 16.7. The molecule has 1 aliphatic heterocycles. The zero-order chi connectivity index (χ0) is 14.3. The zero-order valence-electron chi connectivity index (χ0n) is 11.1. The van der Waals surface area contributed by atoms with Gasteiger partial charge in [-0.1, -0.05) is 18.3 Å². The summed E-state index contributed by atoms with van der Waals surface area (Å²) in [5, 5.41) is 2.18. The molecule has 1 heterocycles. The maximum Gasteiger partial charge on any atom is 0.175 e. The van der Waals surface area contributed by atoms with Gasteiger partial charge in [-0.15, -0.1) is 0 Å². The second-order valence-corrected chi connectivity index (χ2v) is 5.24. The van der Waals surface area contributed by atoms with Crippen molar-refractivity contribution in [1.29, 1.82) is 0 Å². The van der Waals surface area contributed by atoms with Crippen LogP contribution in [0.3, 0.4) is 0 Å². The van der Waals surface area contributed by atoms with Gasteiger partial charge in [0.25, 0.3) is 0 Å². The molecule has 0 unspecified atom stereocenters. The highest BCUT2D eigenvalue weighted by Crippen LogP contribution is 2.37. The average molecular weight is 246 g/mol. The molecule has 1 aliphatic rings. The Bertz CT molecular complexity index is 473. The molecule has 7 heteroatoms. The van der Waals surface area contributed by atoms with Gasteiger partial charge in [0, 0.05) is 6.04 Å². The monoisotopic (exact) mass is 247 g/mol. The predicted octanol–water partition coefficient (Wildman–Crippen LogP) is -0.0626. The van der Waals surface area contributed by atoms with Gasteiger partial charge in [-0.3, -0.25) is 0 Å². The van der Waals surface area contributed by atoms with Crippen molar-refractivity contribution in [2.45, 2.75) is 37.2 Å². The van der Waals surface area contributed by atoms with Gasteiger partial charge in [0.15, 0.2) is 32.8 Å². The first-order valence-electron chi connectivity index (χ1n) is 6.09. The minimum Gasteiger partial charge on any atom is -0.468 e. The van der Waals surface area contributed by atoms with E-state index in [9.17, 15) is 0 Å². The minimum atomic E-state index is -1.59. The molecule has 19 heavy (non-hydrogen) atoms. The van der Waals surface area contributed by atoms with Crippen molar-refractivity contribution in [2.24, 2.45) is 0 Å². The predicted molar refractivity (Wildman–Crippen MR) is 78.2 cm³/mol. The fourth-order valence-corrected chi connectivity index (χ4v) is 2.14. The van der Waals surface area contributed by atoms with E-state index >= 15 is 0 Å². The third-order valence-electron chi connectivity index (χ3n) is 2.65. The molecule has 0 amide bonds. The van der Waals surface area contributed by atoms with Crippen LogP contribution < -0.4 is 14.8 Å². The smallest absolute Gasteiger partial charge is 0.175 e. The average Bonchev–Trinajstić information content (AvgIpc) is 2.47. The Morgan fingerprint density at radius 2 is 1.89 bits per heavy atom. The summed E-state index contributed by atoms with van der Waals surface area (Å²) >= 11 is 0. The second kappa shape index (κ2) is 4.86. The maximum absolute atomic E-state index is 5.70. The van der Waals surface area contributed by atoms with E-state index in [-0.39, 0.29) is 6.04 Å². The van der Waals surface area contributed by atoms with E-state index < -0.39 is 10.9 Å². The van der Waals surface area contributed by atoms with Crippen molar-refractivity contribution in [3.63, 3.8) is 0 Å². The molecule has 0 fully saturated rings. The molecule has 2 rings (SSSR count). The summed E-state index contributed by atoms with van der Waals surface area (Å²) in [6.45, 7) is 3.71. The Kier molecular flexibility index (Phi) is 3.69. The van der Waals surface area contributed by atoms with Gasteiger partial charge in [-0.2, -0.15) is 0 Å². The normalized spacial score (nSPS) is 18.2. The minimum absolute atomic E-state index is 0.112. The van der Waals surface area contributed by atoms with Gasteiger partial charge in [-0.05, 0) is 31.0 Å². The molecule has 1 aromatic rings. The molecule has 0 spiro atoms. The number of hydrogen-bond donors (Lipinski definition) is 1. The number of nitrogens with one attached hydrogen (secondary N) is 1. The van der Waals surface area contributed by atoms with E-state index in [1.165, 1.54) is 0 Å². The Morgan fingerprint density at radius 1 is 1.26 bits per heavy atom. The van der Waals surface area contributed by atoms with Crippen molar-refractivity contribution < 1.29 is 9.47 Å². The number of fused-ring (bicyclic) bond motifs is 1. The van der Waals surface area contributed by atoms with Gasteiger partial charge in [0.1, 0.15) is 0 Å². The molecule has 1 aromatic carbocycles. The van der Waals surface area contributed by atoms with Crippen LogP contribution in [0.1, 0.15) is 19.4 Å². The molecular weight excluding hydrogens is 233 g/mol. The lowest BCUT2D eigenvalue weighted by molar-refractivity contribution is 0.0833. The summed E-state index contributed by atoms with van der Waals surface area (Å²) < 4.78 is 10.5. The number of rotatable bonds is 4. The molecule has 0 aliphatic carbocycles. The molecule has 1 atom stereocenters. The standard InChI is InChI=1S/C12H13B4NO2/c1-7(17-11(2,13)14)5-8-3-4-9-10(6-8)19-12(15,16)18-9/h3-4,6-7,17H,5H2,1-2H3/t7-/m0/s1. The van der Waals surface area contributed by atoms with Crippen molar-refractivity contribution in [3.8, 4) is 11.5 Å². The summed E-state index contributed by atoms with van der Waals surface area (Å²) in [5.41, 5.74) is -0.540. The van der Waals surface area contributed by atoms with E-state index in [4.69, 9.17) is 40.9 Å². The quantitative estimate of drug-likeness (QED) is 0.755. The first-order valence-corrected chi connectivity index (χ1v) is 6.09. The van der Waals surface area contributed by atoms with E-state index in [0.717, 1.165) is 12.0 Å². The summed E-state index contributed by atoms with van der Waals surface area (Å²) in [6, 6.07) is 5.66. The van der Waals surface area contributed by atoms with E-state index in [0.29, 0.717) is 11.5 Å². The highest BCUT2D eigenvalue weighted by Gasteiger charge is 2.30. The summed E-state index contributed by atoms with van der Waals surface area (Å²) in [7, 11) is 22.5. The van der Waals surface area contributed by atoms with Crippen molar-refractivity contribution in [1.82, 2.24) is 5.32 Å². The number of ether oxygens (including phenoxy) is 2. The lowest BCUT2D eigenvalue weighted by Crippen LogP contribution is -2.48. The Hall–Kier alpha value is -0.960. The molecule has 0 saturated heterocycles. The Morgan fingerprint density at radius 3 is 2.53 bits per heavy atom. The summed E-state index contributed by atoms with van der Waals surface area (Å²) in [5.74, 6) is 1.08. The topological polar surface area (TPSA) is 30.5 Å². The van der Waals surface area contributed by atoms with Crippen molar-refractivity contribution in [2.75, 3.05) is 0 Å². The van der Waals surface area contributed by atoms with Gasteiger partial charge in [-0.25, -0.2) is 0 Å².